The predicted octanol–water partition coefficient (Wildman–Crippen LogP) is 7.79. The van der Waals surface area contributed by atoms with Crippen LogP contribution in [-0.2, 0) is 15.1 Å². The first kappa shape index (κ1) is 27.3. The van der Waals surface area contributed by atoms with Gasteiger partial charge in [-0.25, -0.2) is 13.8 Å². The van der Waals surface area contributed by atoms with E-state index < -0.39 is 23.9 Å². The molecular weight excluding hydrogens is 570 g/mol. The zero-order chi connectivity index (χ0) is 29.4. The van der Waals surface area contributed by atoms with Crippen LogP contribution in [-0.4, -0.2) is 40.1 Å². The fourth-order valence-corrected chi connectivity index (χ4v) is 8.12. The van der Waals surface area contributed by atoms with E-state index in [9.17, 15) is 13.6 Å². The normalized spacial score (nSPS) is 28.0. The number of hydrogen-bond donors (Lipinski definition) is 0. The van der Waals surface area contributed by atoms with E-state index in [2.05, 4.69) is 16.2 Å². The molecule has 2 saturated heterocycles. The van der Waals surface area contributed by atoms with Crippen molar-refractivity contribution >= 4 is 33.1 Å². The maximum absolute atomic E-state index is 14.3. The summed E-state index contributed by atoms with van der Waals surface area (Å²) in [6.45, 7) is 2.88. The highest BCUT2D eigenvalue weighted by atomic mass is 32.1. The number of carbonyl (C=O) groups excluding carboxylic acids is 1. The molecule has 1 unspecified atom stereocenters. The van der Waals surface area contributed by atoms with E-state index in [0.29, 0.717) is 25.0 Å². The molecule has 5 fully saturated rings. The molecule has 2 aromatic heterocycles. The molecule has 4 aromatic rings. The smallest absolute Gasteiger partial charge is 0.258 e. The number of amides is 1. The van der Waals surface area contributed by atoms with Gasteiger partial charge in [-0.2, -0.15) is 4.98 Å². The zero-order valence-corrected chi connectivity index (χ0v) is 25.0. The molecule has 7 nitrogen and oxygen atoms in total. The second-order valence-corrected chi connectivity index (χ2v) is 14.4. The minimum Gasteiger partial charge on any atom is -0.364 e. The molecule has 4 heterocycles. The summed E-state index contributed by atoms with van der Waals surface area (Å²) in [7, 11) is 0. The maximum atomic E-state index is 14.3. The monoisotopic (exact) mass is 604 g/mol. The highest BCUT2D eigenvalue weighted by Gasteiger charge is 2.55. The standard InChI is InChI=1S/C33H34F2N4O3S/c1-20-36-26-8-7-23(16-27(26)43-20)22-3-2-4-25(15-22)39(29(40)24-9-10-33(34,35)17-24)18-31-11-13-32(14-12-31,41-19-31)30-37-28(38-42-30)21-5-6-21/h2-4,7-8,15-16,21,24H,5-6,9-14,17-19H2,1H3. The molecule has 3 saturated carbocycles. The lowest BCUT2D eigenvalue weighted by molar-refractivity contribution is -0.198. The predicted molar refractivity (Wildman–Crippen MR) is 159 cm³/mol. The van der Waals surface area contributed by atoms with Gasteiger partial charge in [0.15, 0.2) is 5.82 Å². The lowest BCUT2D eigenvalue weighted by Gasteiger charge is -2.52. The second kappa shape index (κ2) is 9.89. The minimum atomic E-state index is -2.80. The van der Waals surface area contributed by atoms with Crippen LogP contribution >= 0.6 is 11.3 Å². The number of aryl methyl sites for hydroxylation is 1. The number of ether oxygens (including phenoxy) is 1. The van der Waals surface area contributed by atoms with E-state index in [4.69, 9.17) is 14.2 Å². The Kier molecular flexibility index (Phi) is 6.28. The highest BCUT2D eigenvalue weighted by Crippen LogP contribution is 2.54. The van der Waals surface area contributed by atoms with Crippen molar-refractivity contribution in [2.45, 2.75) is 82.2 Å². The van der Waals surface area contributed by atoms with Crippen LogP contribution in [0.4, 0.5) is 14.5 Å². The molecule has 2 aliphatic heterocycles. The molecule has 43 heavy (non-hydrogen) atoms. The lowest BCUT2D eigenvalue weighted by atomic mass is 9.65. The number of thiazole rings is 1. The lowest BCUT2D eigenvalue weighted by Crippen LogP contribution is -2.55. The van der Waals surface area contributed by atoms with Gasteiger partial charge in [0.2, 0.25) is 11.8 Å². The second-order valence-electron chi connectivity index (χ2n) is 13.2. The highest BCUT2D eigenvalue weighted by molar-refractivity contribution is 7.18. The van der Waals surface area contributed by atoms with Gasteiger partial charge in [0.1, 0.15) is 5.60 Å². The van der Waals surface area contributed by atoms with E-state index in [0.717, 1.165) is 76.4 Å². The summed E-state index contributed by atoms with van der Waals surface area (Å²) in [5.74, 6) is -1.94. The molecule has 10 heteroatoms. The average Bonchev–Trinajstić information content (AvgIpc) is 3.42. The molecule has 1 atom stereocenters. The maximum Gasteiger partial charge on any atom is 0.258 e. The Labute approximate surface area is 252 Å². The Balaban J connectivity index is 1.08. The van der Waals surface area contributed by atoms with E-state index >= 15 is 0 Å². The average molecular weight is 605 g/mol. The van der Waals surface area contributed by atoms with Gasteiger partial charge in [-0.1, -0.05) is 23.4 Å². The summed E-state index contributed by atoms with van der Waals surface area (Å²) in [4.78, 5) is 25.1. The number of anilines is 1. The van der Waals surface area contributed by atoms with E-state index in [1.54, 1.807) is 16.2 Å². The van der Waals surface area contributed by atoms with Crippen LogP contribution < -0.4 is 4.90 Å². The first-order valence-electron chi connectivity index (χ1n) is 15.3. The number of benzene rings is 2. The van der Waals surface area contributed by atoms with Gasteiger partial charge in [-0.15, -0.1) is 11.3 Å². The van der Waals surface area contributed by atoms with Crippen molar-refractivity contribution in [1.82, 2.24) is 15.1 Å². The number of nitrogens with zero attached hydrogens (tertiary/aromatic N) is 4. The van der Waals surface area contributed by atoms with Crippen molar-refractivity contribution in [3.05, 3.63) is 59.2 Å². The third kappa shape index (κ3) is 4.96. The van der Waals surface area contributed by atoms with Crippen molar-refractivity contribution in [3.8, 4) is 11.1 Å². The fourth-order valence-electron chi connectivity index (χ4n) is 7.26. The van der Waals surface area contributed by atoms with Crippen molar-refractivity contribution in [1.29, 1.82) is 0 Å². The third-order valence-corrected chi connectivity index (χ3v) is 11.0. The van der Waals surface area contributed by atoms with Crippen LogP contribution in [0.5, 0.6) is 0 Å². The summed E-state index contributed by atoms with van der Waals surface area (Å²) in [6.07, 6.45) is 4.91. The molecule has 5 aliphatic rings. The third-order valence-electron chi connectivity index (χ3n) is 10.0. The Morgan fingerprint density at radius 1 is 1.02 bits per heavy atom. The molecule has 0 N–H and O–H groups in total. The molecule has 3 aliphatic carbocycles. The molecule has 2 aromatic carbocycles. The van der Waals surface area contributed by atoms with Gasteiger partial charge in [-0.05, 0) is 87.3 Å². The number of alkyl halides is 2. The van der Waals surface area contributed by atoms with Crippen LogP contribution in [0.1, 0.15) is 80.4 Å². The van der Waals surface area contributed by atoms with Crippen LogP contribution in [0.3, 0.4) is 0 Å². The van der Waals surface area contributed by atoms with Crippen molar-refractivity contribution in [3.63, 3.8) is 0 Å². The summed E-state index contributed by atoms with van der Waals surface area (Å²) < 4.78 is 41.9. The summed E-state index contributed by atoms with van der Waals surface area (Å²) in [5, 5.41) is 5.23. The SMILES string of the molecule is Cc1nc2ccc(-c3cccc(N(CC45CCC(c6nc(C7CC7)no6)(CC4)OC5)C(=O)C4CCC(F)(F)C4)c3)cc2s1. The Morgan fingerprint density at radius 2 is 1.84 bits per heavy atom. The Morgan fingerprint density at radius 3 is 2.56 bits per heavy atom. The molecular formula is C33H34F2N4O3S. The first-order valence-corrected chi connectivity index (χ1v) is 16.2. The first-order chi connectivity index (χ1) is 20.7. The molecule has 0 spiro atoms. The number of halogens is 2. The zero-order valence-electron chi connectivity index (χ0n) is 24.2. The minimum absolute atomic E-state index is 0.205. The van der Waals surface area contributed by atoms with Gasteiger partial charge < -0.3 is 14.2 Å². The van der Waals surface area contributed by atoms with Crippen LogP contribution in [0.2, 0.25) is 0 Å². The molecule has 1 amide bonds. The number of rotatable bonds is 7. The van der Waals surface area contributed by atoms with E-state index in [1.165, 1.54) is 0 Å². The number of aromatic nitrogens is 3. The quantitative estimate of drug-likeness (QED) is 0.214. The molecule has 224 valence electrons. The summed E-state index contributed by atoms with van der Waals surface area (Å²) in [5.41, 5.74) is 2.87. The summed E-state index contributed by atoms with van der Waals surface area (Å²) >= 11 is 1.65. The number of fused-ring (bicyclic) bond motifs is 4. The molecule has 2 bridgehead atoms. The largest absolute Gasteiger partial charge is 0.364 e. The van der Waals surface area contributed by atoms with Crippen molar-refractivity contribution < 1.29 is 22.8 Å². The fraction of sp³-hybridized carbons (Fsp3) is 0.515. The van der Waals surface area contributed by atoms with Crippen LogP contribution in [0, 0.1) is 18.3 Å². The molecule has 9 rings (SSSR count). The number of carbonyl (C=O) groups is 1. The Hall–Kier alpha value is -3.24. The topological polar surface area (TPSA) is 81.3 Å². The Bertz CT molecular complexity index is 1690. The van der Waals surface area contributed by atoms with Gasteiger partial charge >= 0.3 is 0 Å². The summed E-state index contributed by atoms with van der Waals surface area (Å²) in [6, 6.07) is 14.1. The van der Waals surface area contributed by atoms with Crippen molar-refractivity contribution in [2.24, 2.45) is 11.3 Å². The van der Waals surface area contributed by atoms with Crippen LogP contribution in [0.25, 0.3) is 21.3 Å². The van der Waals surface area contributed by atoms with Gasteiger partial charge in [0, 0.05) is 42.3 Å². The van der Waals surface area contributed by atoms with Gasteiger partial charge in [0.25, 0.3) is 5.89 Å². The number of hydrogen-bond acceptors (Lipinski definition) is 7. The van der Waals surface area contributed by atoms with E-state index in [1.807, 2.05) is 43.3 Å². The van der Waals surface area contributed by atoms with Gasteiger partial charge in [-0.3, -0.25) is 4.79 Å². The van der Waals surface area contributed by atoms with Gasteiger partial charge in [0.05, 0.1) is 21.8 Å². The molecule has 0 radical (unpaired) electrons. The van der Waals surface area contributed by atoms with Crippen LogP contribution in [0.15, 0.2) is 47.0 Å². The van der Waals surface area contributed by atoms with Crippen molar-refractivity contribution in [2.75, 3.05) is 18.1 Å². The van der Waals surface area contributed by atoms with E-state index in [-0.39, 0.29) is 24.2 Å².